The number of likely N-dealkylation sites (N-methyl/N-ethyl adjacent to an activating group) is 1. The van der Waals surface area contributed by atoms with E-state index in [0.717, 1.165) is 40.9 Å². The molecule has 7 nitrogen and oxygen atoms in total. The van der Waals surface area contributed by atoms with E-state index in [2.05, 4.69) is 20.3 Å². The van der Waals surface area contributed by atoms with E-state index >= 15 is 0 Å². The first kappa shape index (κ1) is 16.7. The number of aromatic nitrogens is 3. The van der Waals surface area contributed by atoms with Gasteiger partial charge in [-0.25, -0.2) is 0 Å². The van der Waals surface area contributed by atoms with Crippen LogP contribution in [0.15, 0.2) is 30.6 Å². The lowest BCUT2D eigenvalue weighted by atomic mass is 9.87. The molecule has 134 valence electrons. The van der Waals surface area contributed by atoms with Gasteiger partial charge < -0.3 is 15.3 Å². The molecule has 2 N–H and O–H groups in total. The van der Waals surface area contributed by atoms with Gasteiger partial charge in [-0.15, -0.1) is 0 Å². The molecule has 0 fully saturated rings. The number of aliphatic hydroxyl groups is 1. The summed E-state index contributed by atoms with van der Waals surface area (Å²) in [4.78, 5) is 19.5. The zero-order valence-corrected chi connectivity index (χ0v) is 14.9. The number of carbonyl (C=O) groups is 1. The molecule has 2 aromatic heterocycles. The number of fused-ring (bicyclic) bond motifs is 2. The van der Waals surface area contributed by atoms with Crippen molar-refractivity contribution in [3.63, 3.8) is 0 Å². The molecule has 0 amide bonds. The summed E-state index contributed by atoms with van der Waals surface area (Å²) in [5.41, 5.74) is 4.46. The zero-order valence-electron chi connectivity index (χ0n) is 14.9. The van der Waals surface area contributed by atoms with E-state index in [4.69, 9.17) is 0 Å². The number of ketones is 1. The molecule has 0 radical (unpaired) electrons. The number of carbonyl (C=O) groups excluding carboxylic acids is 1. The summed E-state index contributed by atoms with van der Waals surface area (Å²) in [6.07, 6.45) is 3.33. The van der Waals surface area contributed by atoms with Gasteiger partial charge in [-0.2, -0.15) is 5.10 Å². The molecule has 0 aliphatic heterocycles. The van der Waals surface area contributed by atoms with Crippen LogP contribution in [0.3, 0.4) is 0 Å². The number of hydrogen-bond acceptors (Lipinski definition) is 6. The van der Waals surface area contributed by atoms with Crippen molar-refractivity contribution in [1.82, 2.24) is 19.7 Å². The van der Waals surface area contributed by atoms with Gasteiger partial charge in [0.1, 0.15) is 0 Å². The van der Waals surface area contributed by atoms with Gasteiger partial charge in [0.05, 0.1) is 29.9 Å². The van der Waals surface area contributed by atoms with Crippen molar-refractivity contribution in [2.24, 2.45) is 0 Å². The van der Waals surface area contributed by atoms with Gasteiger partial charge in [0, 0.05) is 47.7 Å². The molecular formula is C19H21N5O2. The van der Waals surface area contributed by atoms with Crippen molar-refractivity contribution >= 4 is 22.4 Å². The largest absolute Gasteiger partial charge is 0.394 e. The molecule has 1 aromatic carbocycles. The minimum Gasteiger partial charge on any atom is -0.394 e. The van der Waals surface area contributed by atoms with Crippen LogP contribution in [0, 0.1) is 0 Å². The highest BCUT2D eigenvalue weighted by molar-refractivity contribution is 6.27. The molecule has 7 heteroatoms. The summed E-state index contributed by atoms with van der Waals surface area (Å²) in [7, 11) is 4.03. The minimum absolute atomic E-state index is 0.0172. The Labute approximate surface area is 151 Å². The SMILES string of the molecule is CN(C)CCNc1ccc2nn(CCO)c3c2c1C(=O)c1ccncc1-3. The third-order valence-electron chi connectivity index (χ3n) is 4.64. The first-order valence-corrected chi connectivity index (χ1v) is 8.64. The molecular weight excluding hydrogens is 330 g/mol. The summed E-state index contributed by atoms with van der Waals surface area (Å²) in [6, 6.07) is 5.58. The number of nitrogens with one attached hydrogen (secondary N) is 1. The molecule has 0 atom stereocenters. The second-order valence-electron chi connectivity index (χ2n) is 6.66. The second-order valence-corrected chi connectivity index (χ2v) is 6.66. The van der Waals surface area contributed by atoms with Gasteiger partial charge in [0.15, 0.2) is 5.78 Å². The number of rotatable bonds is 6. The lowest BCUT2D eigenvalue weighted by molar-refractivity contribution is 0.104. The van der Waals surface area contributed by atoms with Crippen LogP contribution >= 0.6 is 0 Å². The van der Waals surface area contributed by atoms with E-state index in [1.165, 1.54) is 0 Å². The maximum atomic E-state index is 13.2. The standard InChI is InChI=1S/C19H21N5O2/c1-23(2)8-7-21-14-3-4-15-16-17(14)19(26)12-5-6-20-11-13(12)18(16)24(22-15)9-10-25/h3-6,11,21,25H,7-10H2,1-2H3. The molecule has 4 rings (SSSR count). The molecule has 0 unspecified atom stereocenters. The monoisotopic (exact) mass is 351 g/mol. The normalized spacial score (nSPS) is 12.7. The second kappa shape index (κ2) is 6.51. The fraction of sp³-hybridized carbons (Fsp3) is 0.316. The summed E-state index contributed by atoms with van der Waals surface area (Å²) in [6.45, 7) is 1.95. The topological polar surface area (TPSA) is 83.3 Å². The zero-order chi connectivity index (χ0) is 18.3. The summed E-state index contributed by atoms with van der Waals surface area (Å²) < 4.78 is 1.77. The van der Waals surface area contributed by atoms with E-state index in [1.807, 2.05) is 26.2 Å². The third kappa shape index (κ3) is 2.56. The Morgan fingerprint density at radius 3 is 2.85 bits per heavy atom. The average molecular weight is 351 g/mol. The van der Waals surface area contributed by atoms with Crippen molar-refractivity contribution < 1.29 is 9.90 Å². The van der Waals surface area contributed by atoms with Crippen molar-refractivity contribution in [2.75, 3.05) is 39.1 Å². The fourth-order valence-corrected chi connectivity index (χ4v) is 3.47. The third-order valence-corrected chi connectivity index (χ3v) is 4.64. The number of benzene rings is 1. The molecule has 0 bridgehead atoms. The van der Waals surface area contributed by atoms with Crippen molar-refractivity contribution in [1.29, 1.82) is 0 Å². The number of anilines is 1. The number of nitrogens with zero attached hydrogens (tertiary/aromatic N) is 4. The highest BCUT2D eigenvalue weighted by Gasteiger charge is 2.31. The molecule has 1 aliphatic rings. The summed E-state index contributed by atoms with van der Waals surface area (Å²) in [5.74, 6) is -0.0172. The Morgan fingerprint density at radius 1 is 1.23 bits per heavy atom. The Bertz CT molecular complexity index is 993. The van der Waals surface area contributed by atoms with Crippen LogP contribution in [-0.4, -0.2) is 64.3 Å². The predicted octanol–water partition coefficient (Wildman–Crippen LogP) is 1.61. The number of aliphatic hydroxyl groups excluding tert-OH is 1. The first-order valence-electron chi connectivity index (χ1n) is 8.64. The van der Waals surface area contributed by atoms with Gasteiger partial charge in [0.25, 0.3) is 0 Å². The van der Waals surface area contributed by atoms with E-state index in [-0.39, 0.29) is 12.4 Å². The van der Waals surface area contributed by atoms with Crippen LogP contribution < -0.4 is 5.32 Å². The van der Waals surface area contributed by atoms with E-state index < -0.39 is 0 Å². The van der Waals surface area contributed by atoms with Crippen LogP contribution in [-0.2, 0) is 6.54 Å². The quantitative estimate of drug-likeness (QED) is 0.549. The van der Waals surface area contributed by atoms with Crippen LogP contribution in [0.1, 0.15) is 15.9 Å². The van der Waals surface area contributed by atoms with Crippen molar-refractivity contribution in [3.05, 3.63) is 41.7 Å². The highest BCUT2D eigenvalue weighted by Crippen LogP contribution is 2.41. The number of hydrogen-bond donors (Lipinski definition) is 2. The van der Waals surface area contributed by atoms with E-state index in [9.17, 15) is 9.90 Å². The van der Waals surface area contributed by atoms with Crippen molar-refractivity contribution in [2.45, 2.75) is 6.54 Å². The Morgan fingerprint density at radius 2 is 2.08 bits per heavy atom. The van der Waals surface area contributed by atoms with E-state index in [0.29, 0.717) is 17.7 Å². The lowest BCUT2D eigenvalue weighted by Gasteiger charge is -2.20. The van der Waals surface area contributed by atoms with Gasteiger partial charge in [-0.3, -0.25) is 14.5 Å². The molecule has 1 aliphatic carbocycles. The van der Waals surface area contributed by atoms with E-state index in [1.54, 1.807) is 23.1 Å². The highest BCUT2D eigenvalue weighted by atomic mass is 16.3. The summed E-state index contributed by atoms with van der Waals surface area (Å²) >= 11 is 0. The Kier molecular flexibility index (Phi) is 4.18. The molecule has 0 saturated carbocycles. The van der Waals surface area contributed by atoms with Gasteiger partial charge in [0.2, 0.25) is 0 Å². The van der Waals surface area contributed by atoms with Crippen LogP contribution in [0.5, 0.6) is 0 Å². The smallest absolute Gasteiger partial charge is 0.196 e. The van der Waals surface area contributed by atoms with Gasteiger partial charge in [-0.05, 0) is 32.3 Å². The molecule has 3 aromatic rings. The average Bonchev–Trinajstić information content (AvgIpc) is 2.99. The number of pyridine rings is 1. The van der Waals surface area contributed by atoms with Crippen LogP contribution in [0.25, 0.3) is 22.2 Å². The van der Waals surface area contributed by atoms with Crippen LogP contribution in [0.2, 0.25) is 0 Å². The first-order chi connectivity index (χ1) is 12.6. The lowest BCUT2D eigenvalue weighted by Crippen LogP contribution is -2.22. The predicted molar refractivity (Wildman–Crippen MR) is 101 cm³/mol. The summed E-state index contributed by atoms with van der Waals surface area (Å²) in [5, 5.41) is 18.2. The molecule has 26 heavy (non-hydrogen) atoms. The van der Waals surface area contributed by atoms with Crippen molar-refractivity contribution in [3.8, 4) is 11.3 Å². The maximum absolute atomic E-state index is 13.2. The van der Waals surface area contributed by atoms with Gasteiger partial charge >= 0.3 is 0 Å². The molecule has 0 saturated heterocycles. The maximum Gasteiger partial charge on any atom is 0.196 e. The minimum atomic E-state index is -0.0200. The molecule has 2 heterocycles. The molecule has 0 spiro atoms. The van der Waals surface area contributed by atoms with Gasteiger partial charge in [-0.1, -0.05) is 0 Å². The Balaban J connectivity index is 1.93. The Hall–Kier alpha value is -2.77. The fourth-order valence-electron chi connectivity index (χ4n) is 3.47. The van der Waals surface area contributed by atoms with Crippen LogP contribution in [0.4, 0.5) is 5.69 Å².